The third kappa shape index (κ3) is 4.96. The number of rotatable bonds is 9. The van der Waals surface area contributed by atoms with E-state index in [0.717, 1.165) is 54.2 Å². The maximum Gasteiger partial charge on any atom is 0.118 e. The Morgan fingerprint density at radius 2 is 1.85 bits per heavy atom. The largest absolute Gasteiger partial charge is 0.497 e. The molecule has 0 aliphatic rings. The van der Waals surface area contributed by atoms with Crippen LogP contribution in [0.25, 0.3) is 16.9 Å². The molecule has 5 nitrogen and oxygen atoms in total. The molecule has 0 saturated carbocycles. The van der Waals surface area contributed by atoms with Gasteiger partial charge in [-0.15, -0.1) is 0 Å². The molecule has 0 amide bonds. The van der Waals surface area contributed by atoms with Gasteiger partial charge in [-0.25, -0.2) is 4.68 Å². The lowest BCUT2D eigenvalue weighted by Gasteiger charge is -2.05. The van der Waals surface area contributed by atoms with Gasteiger partial charge in [0.2, 0.25) is 0 Å². The molecule has 0 aliphatic carbocycles. The second-order valence-corrected chi connectivity index (χ2v) is 6.30. The molecule has 3 rings (SSSR count). The Kier molecular flexibility index (Phi) is 6.61. The van der Waals surface area contributed by atoms with Gasteiger partial charge < -0.3 is 10.1 Å². The summed E-state index contributed by atoms with van der Waals surface area (Å²) < 4.78 is 7.18. The smallest absolute Gasteiger partial charge is 0.118 e. The van der Waals surface area contributed by atoms with Gasteiger partial charge in [0.1, 0.15) is 5.75 Å². The van der Waals surface area contributed by atoms with Crippen molar-refractivity contribution in [3.63, 3.8) is 0 Å². The Morgan fingerprint density at radius 3 is 2.56 bits per heavy atom. The molecule has 1 N–H and O–H groups in total. The number of ether oxygens (including phenoxy) is 1. The minimum Gasteiger partial charge on any atom is -0.497 e. The van der Waals surface area contributed by atoms with Gasteiger partial charge in [0.15, 0.2) is 0 Å². The Bertz CT molecular complexity index is 879. The number of benzene rings is 2. The van der Waals surface area contributed by atoms with E-state index < -0.39 is 0 Å². The Morgan fingerprint density at radius 1 is 1.07 bits per heavy atom. The molecule has 1 heterocycles. The molecule has 5 heteroatoms. The minimum absolute atomic E-state index is 0.616. The van der Waals surface area contributed by atoms with Crippen molar-refractivity contribution in [2.75, 3.05) is 13.7 Å². The van der Waals surface area contributed by atoms with E-state index in [-0.39, 0.29) is 0 Å². The fraction of sp³-hybridized carbons (Fsp3) is 0.273. The number of hydrogen-bond acceptors (Lipinski definition) is 4. The summed E-state index contributed by atoms with van der Waals surface area (Å²) in [5.41, 5.74) is 4.20. The molecule has 0 saturated heterocycles. The molecule has 27 heavy (non-hydrogen) atoms. The molecular weight excluding hydrogens is 336 g/mol. The van der Waals surface area contributed by atoms with Gasteiger partial charge in [-0.05, 0) is 55.8 Å². The van der Waals surface area contributed by atoms with Crippen molar-refractivity contribution >= 4 is 0 Å². The van der Waals surface area contributed by atoms with Crippen LogP contribution < -0.4 is 10.1 Å². The van der Waals surface area contributed by atoms with Crippen LogP contribution >= 0.6 is 0 Å². The van der Waals surface area contributed by atoms with Crippen molar-refractivity contribution in [3.8, 4) is 28.8 Å². The van der Waals surface area contributed by atoms with Gasteiger partial charge >= 0.3 is 0 Å². The summed E-state index contributed by atoms with van der Waals surface area (Å²) in [4.78, 5) is 0. The lowest BCUT2D eigenvalue weighted by Crippen LogP contribution is -2.14. The van der Waals surface area contributed by atoms with E-state index >= 15 is 0 Å². The highest BCUT2D eigenvalue weighted by molar-refractivity contribution is 5.64. The molecule has 0 aliphatic heterocycles. The normalized spacial score (nSPS) is 10.5. The predicted molar refractivity (Wildman–Crippen MR) is 107 cm³/mol. The molecule has 0 fully saturated rings. The van der Waals surface area contributed by atoms with Crippen LogP contribution in [0.15, 0.2) is 60.8 Å². The minimum atomic E-state index is 0.616. The number of aromatic nitrogens is 2. The van der Waals surface area contributed by atoms with Crippen molar-refractivity contribution in [2.45, 2.75) is 25.8 Å². The van der Waals surface area contributed by atoms with Gasteiger partial charge in [-0.3, -0.25) is 0 Å². The van der Waals surface area contributed by atoms with E-state index in [1.807, 2.05) is 59.3 Å². The standard InChI is InChI=1S/C22H24N4O/c1-27-21-12-10-18(11-13-21)22-19(16-24-15-7-3-6-14-23)17-26(25-22)20-8-4-2-5-9-20/h2,4-5,8-13,17,24H,3,6-7,15-16H2,1H3. The molecule has 138 valence electrons. The van der Waals surface area contributed by atoms with Crippen LogP contribution in [0, 0.1) is 11.3 Å². The van der Waals surface area contributed by atoms with Crippen LogP contribution in [0.4, 0.5) is 0 Å². The van der Waals surface area contributed by atoms with Crippen LogP contribution in [0.5, 0.6) is 5.75 Å². The summed E-state index contributed by atoms with van der Waals surface area (Å²) >= 11 is 0. The average Bonchev–Trinajstić information content (AvgIpc) is 3.15. The summed E-state index contributed by atoms with van der Waals surface area (Å²) in [7, 11) is 1.67. The number of hydrogen-bond donors (Lipinski definition) is 1. The van der Waals surface area contributed by atoms with Crippen molar-refractivity contribution in [3.05, 3.63) is 66.4 Å². The topological polar surface area (TPSA) is 62.9 Å². The van der Waals surface area contributed by atoms with Gasteiger partial charge in [0, 0.05) is 30.3 Å². The first kappa shape index (κ1) is 18.7. The quantitative estimate of drug-likeness (QED) is 0.577. The van der Waals surface area contributed by atoms with E-state index in [1.165, 1.54) is 0 Å². The highest BCUT2D eigenvalue weighted by Gasteiger charge is 2.12. The second-order valence-electron chi connectivity index (χ2n) is 6.30. The van der Waals surface area contributed by atoms with E-state index in [0.29, 0.717) is 6.42 Å². The summed E-state index contributed by atoms with van der Waals surface area (Å²) in [5.74, 6) is 0.832. The van der Waals surface area contributed by atoms with Gasteiger partial charge in [-0.1, -0.05) is 18.2 Å². The Hall–Kier alpha value is -3.10. The first-order valence-corrected chi connectivity index (χ1v) is 9.18. The monoisotopic (exact) mass is 360 g/mol. The summed E-state index contributed by atoms with van der Waals surface area (Å²) in [6, 6.07) is 20.3. The summed E-state index contributed by atoms with van der Waals surface area (Å²) in [6.45, 7) is 1.63. The Labute approximate surface area is 160 Å². The van der Waals surface area contributed by atoms with Crippen LogP contribution in [0.2, 0.25) is 0 Å². The third-order valence-electron chi connectivity index (χ3n) is 4.38. The number of para-hydroxylation sites is 1. The predicted octanol–water partition coefficient (Wildman–Crippen LogP) is 4.33. The molecule has 0 radical (unpaired) electrons. The van der Waals surface area contributed by atoms with E-state index in [4.69, 9.17) is 15.1 Å². The molecule has 0 spiro atoms. The van der Waals surface area contributed by atoms with Crippen LogP contribution in [0.3, 0.4) is 0 Å². The number of nitriles is 1. The third-order valence-corrected chi connectivity index (χ3v) is 4.38. The first-order chi connectivity index (χ1) is 13.3. The highest BCUT2D eigenvalue weighted by Crippen LogP contribution is 2.25. The van der Waals surface area contributed by atoms with Crippen molar-refractivity contribution in [1.82, 2.24) is 15.1 Å². The van der Waals surface area contributed by atoms with Gasteiger partial charge in [0.25, 0.3) is 0 Å². The van der Waals surface area contributed by atoms with Crippen molar-refractivity contribution in [2.24, 2.45) is 0 Å². The zero-order valence-corrected chi connectivity index (χ0v) is 15.6. The lowest BCUT2D eigenvalue weighted by atomic mass is 10.1. The molecule has 0 atom stereocenters. The van der Waals surface area contributed by atoms with E-state index in [2.05, 4.69) is 17.6 Å². The lowest BCUT2D eigenvalue weighted by molar-refractivity contribution is 0.415. The zero-order valence-electron chi connectivity index (χ0n) is 15.6. The average molecular weight is 360 g/mol. The number of unbranched alkanes of at least 4 members (excludes halogenated alkanes) is 2. The molecule has 2 aromatic carbocycles. The molecule has 1 aromatic heterocycles. The molecule has 0 unspecified atom stereocenters. The molecular formula is C22H24N4O. The number of methoxy groups -OCH3 is 1. The number of nitrogens with one attached hydrogen (secondary N) is 1. The highest BCUT2D eigenvalue weighted by atomic mass is 16.5. The van der Waals surface area contributed by atoms with Gasteiger partial charge in [0.05, 0.1) is 24.6 Å². The SMILES string of the molecule is COc1ccc(-c2nn(-c3ccccc3)cc2CNCCCCC#N)cc1. The molecule has 0 bridgehead atoms. The number of nitrogens with zero attached hydrogens (tertiary/aromatic N) is 3. The van der Waals surface area contributed by atoms with Gasteiger partial charge in [-0.2, -0.15) is 10.4 Å². The van der Waals surface area contributed by atoms with Crippen molar-refractivity contribution in [1.29, 1.82) is 5.26 Å². The van der Waals surface area contributed by atoms with Crippen LogP contribution in [-0.2, 0) is 6.54 Å². The maximum absolute atomic E-state index is 8.62. The zero-order chi connectivity index (χ0) is 18.9. The van der Waals surface area contributed by atoms with Crippen molar-refractivity contribution < 1.29 is 4.74 Å². The van der Waals surface area contributed by atoms with E-state index in [1.54, 1.807) is 7.11 Å². The Balaban J connectivity index is 1.80. The summed E-state index contributed by atoms with van der Waals surface area (Å²) in [6.07, 6.45) is 4.62. The maximum atomic E-state index is 8.62. The fourth-order valence-corrected chi connectivity index (χ4v) is 2.92. The van der Waals surface area contributed by atoms with Crippen LogP contribution in [-0.4, -0.2) is 23.4 Å². The fourth-order valence-electron chi connectivity index (χ4n) is 2.92. The van der Waals surface area contributed by atoms with Crippen LogP contribution in [0.1, 0.15) is 24.8 Å². The summed E-state index contributed by atoms with van der Waals surface area (Å²) in [5, 5.41) is 16.9. The first-order valence-electron chi connectivity index (χ1n) is 9.18. The molecule has 3 aromatic rings. The second kappa shape index (κ2) is 9.56. The van der Waals surface area contributed by atoms with E-state index in [9.17, 15) is 0 Å².